The number of Topliss-reactive ketones (excluding diaryl/α,β-unsaturated/α-hetero) is 1. The summed E-state index contributed by atoms with van der Waals surface area (Å²) < 4.78 is 5.56. The summed E-state index contributed by atoms with van der Waals surface area (Å²) in [5, 5.41) is 11.1. The number of carbonyl (C=O) groups excluding carboxylic acids is 1. The molecule has 0 spiro atoms. The highest BCUT2D eigenvalue weighted by Crippen LogP contribution is 2.39. The van der Waals surface area contributed by atoms with E-state index in [-0.39, 0.29) is 11.7 Å². The van der Waals surface area contributed by atoms with Gasteiger partial charge < -0.3 is 9.84 Å². The molecule has 0 heterocycles. The van der Waals surface area contributed by atoms with Crippen LogP contribution in [0, 0.1) is 13.8 Å². The fourth-order valence-corrected chi connectivity index (χ4v) is 4.76. The van der Waals surface area contributed by atoms with Crippen molar-refractivity contribution >= 4 is 29.0 Å². The summed E-state index contributed by atoms with van der Waals surface area (Å²) in [4.78, 5) is 18.3. The summed E-state index contributed by atoms with van der Waals surface area (Å²) in [6.07, 6.45) is 1.51. The lowest BCUT2D eigenvalue weighted by molar-refractivity contribution is 0.0954. The molecule has 5 heteroatoms. The lowest BCUT2D eigenvalue weighted by Crippen LogP contribution is -2.15. The Morgan fingerprint density at radius 1 is 0.970 bits per heavy atom. The van der Waals surface area contributed by atoms with Gasteiger partial charge in [-0.1, -0.05) is 35.9 Å². The van der Waals surface area contributed by atoms with Crippen molar-refractivity contribution in [2.75, 3.05) is 7.11 Å². The molecule has 1 aliphatic rings. The third-order valence-corrected chi connectivity index (χ3v) is 6.58. The van der Waals surface area contributed by atoms with Crippen molar-refractivity contribution in [2.45, 2.75) is 45.1 Å². The van der Waals surface area contributed by atoms with Gasteiger partial charge in [-0.25, -0.2) is 4.99 Å². The van der Waals surface area contributed by atoms with Crippen molar-refractivity contribution < 1.29 is 14.6 Å². The third-order valence-electron chi connectivity index (χ3n) is 6.35. The van der Waals surface area contributed by atoms with E-state index in [0.29, 0.717) is 29.3 Å². The number of nitrogens with zero attached hydrogens (tertiary/aromatic N) is 1. The molecule has 4 rings (SSSR count). The van der Waals surface area contributed by atoms with Crippen molar-refractivity contribution in [3.63, 3.8) is 0 Å². The highest BCUT2D eigenvalue weighted by molar-refractivity contribution is 6.30. The van der Waals surface area contributed by atoms with Gasteiger partial charge in [0.25, 0.3) is 0 Å². The summed E-state index contributed by atoms with van der Waals surface area (Å²) >= 11 is 6.17. The quantitative estimate of drug-likeness (QED) is 0.200. The highest BCUT2D eigenvalue weighted by Gasteiger charge is 2.30. The Balaban J connectivity index is 1.67. The normalized spacial score (nSPS) is 18.4. The molecule has 0 saturated heterocycles. The molecule has 0 fully saturated rings. The van der Waals surface area contributed by atoms with Crippen LogP contribution in [-0.2, 0) is 4.74 Å². The van der Waals surface area contributed by atoms with E-state index in [4.69, 9.17) is 16.3 Å². The van der Waals surface area contributed by atoms with E-state index in [9.17, 15) is 9.90 Å². The highest BCUT2D eigenvalue weighted by atomic mass is 35.5. The number of aliphatic imine (C=N–C) groups is 1. The molecule has 0 aromatic heterocycles. The fourth-order valence-electron chi connectivity index (χ4n) is 4.58. The maximum absolute atomic E-state index is 13.6. The second-order valence-corrected chi connectivity index (χ2v) is 9.01. The van der Waals surface area contributed by atoms with E-state index in [1.54, 1.807) is 19.2 Å². The number of ketones is 1. The number of aryl methyl sites for hydroxylation is 2. The predicted octanol–water partition coefficient (Wildman–Crippen LogP) is 6.87. The number of methoxy groups -OCH3 is 1. The Morgan fingerprint density at radius 3 is 2.48 bits per heavy atom. The fraction of sp³-hybridized carbons (Fsp3) is 0.286. The minimum absolute atomic E-state index is 0.0616. The average molecular weight is 462 g/mol. The molecule has 33 heavy (non-hydrogen) atoms. The van der Waals surface area contributed by atoms with Gasteiger partial charge in [0, 0.05) is 22.1 Å². The van der Waals surface area contributed by atoms with Crippen LogP contribution < -0.4 is 0 Å². The number of ether oxygens (including phenoxy) is 1. The van der Waals surface area contributed by atoms with Gasteiger partial charge >= 0.3 is 0 Å². The van der Waals surface area contributed by atoms with Crippen LogP contribution in [0.4, 0.5) is 5.69 Å². The van der Waals surface area contributed by atoms with E-state index in [1.165, 1.54) is 0 Å². The number of benzene rings is 3. The van der Waals surface area contributed by atoms with Gasteiger partial charge in [-0.3, -0.25) is 4.79 Å². The van der Waals surface area contributed by atoms with E-state index in [2.05, 4.69) is 4.99 Å². The number of halogens is 1. The predicted molar refractivity (Wildman–Crippen MR) is 133 cm³/mol. The number of hydrogen-bond donors (Lipinski definition) is 1. The smallest absolute Gasteiger partial charge is 0.221 e. The van der Waals surface area contributed by atoms with Crippen LogP contribution in [0.1, 0.15) is 69.5 Å². The van der Waals surface area contributed by atoms with Crippen LogP contribution in [0.25, 0.3) is 0 Å². The molecule has 0 aliphatic heterocycles. The monoisotopic (exact) mass is 461 g/mol. The van der Waals surface area contributed by atoms with Crippen LogP contribution in [0.3, 0.4) is 0 Å². The Morgan fingerprint density at radius 2 is 1.76 bits per heavy atom. The molecular weight excluding hydrogens is 434 g/mol. The topological polar surface area (TPSA) is 58.9 Å². The summed E-state index contributed by atoms with van der Waals surface area (Å²) in [5.41, 5.74) is 5.92. The van der Waals surface area contributed by atoms with Gasteiger partial charge in [-0.2, -0.15) is 0 Å². The molecule has 1 N–H and O–H groups in total. The van der Waals surface area contributed by atoms with Gasteiger partial charge in [-0.05, 0) is 91.8 Å². The average Bonchev–Trinajstić information content (AvgIpc) is 2.96. The lowest BCUT2D eigenvalue weighted by Gasteiger charge is -2.19. The van der Waals surface area contributed by atoms with Crippen molar-refractivity contribution in [1.29, 1.82) is 0 Å². The van der Waals surface area contributed by atoms with E-state index >= 15 is 0 Å². The minimum atomic E-state index is -0.594. The van der Waals surface area contributed by atoms with Crippen LogP contribution in [0.2, 0.25) is 5.02 Å². The Bertz CT molecular complexity index is 1220. The van der Waals surface area contributed by atoms with Crippen LogP contribution in [-0.4, -0.2) is 23.9 Å². The number of aliphatic hydroxyl groups is 1. The molecule has 3 aromatic carbocycles. The van der Waals surface area contributed by atoms with Crippen molar-refractivity contribution in [2.24, 2.45) is 4.99 Å². The molecule has 170 valence electrons. The molecule has 2 unspecified atom stereocenters. The summed E-state index contributed by atoms with van der Waals surface area (Å²) in [6.45, 7) is 3.95. The first kappa shape index (κ1) is 23.2. The third kappa shape index (κ3) is 4.87. The molecule has 1 aliphatic carbocycles. The van der Waals surface area contributed by atoms with Gasteiger partial charge in [0.15, 0.2) is 5.78 Å². The molecule has 2 atom stereocenters. The SMILES string of the molecule is COC(=Nc1ccc(C(=O)C2CCCC(O)c3cc(Cl)ccc32)c(C)c1)c1ccccc1C. The number of rotatable bonds is 4. The van der Waals surface area contributed by atoms with Gasteiger partial charge in [-0.15, -0.1) is 0 Å². The zero-order valence-electron chi connectivity index (χ0n) is 19.1. The van der Waals surface area contributed by atoms with E-state index < -0.39 is 6.10 Å². The number of aliphatic hydroxyl groups excluding tert-OH is 1. The summed E-state index contributed by atoms with van der Waals surface area (Å²) in [5.74, 6) is 0.297. The number of fused-ring (bicyclic) bond motifs is 1. The second kappa shape index (κ2) is 9.90. The standard InChI is InChI=1S/C28H28ClNO3/c1-17-7-4-5-8-22(17)28(33-3)30-20-12-14-21(18(2)15-20)27(32)24-9-6-10-26(31)25-16-19(29)11-13-23(24)25/h4-5,7-8,11-16,24,26,31H,6,9-10H2,1-3H3. The second-order valence-electron chi connectivity index (χ2n) is 8.57. The van der Waals surface area contributed by atoms with Crippen molar-refractivity contribution in [3.05, 3.63) is 99.1 Å². The Kier molecular flexibility index (Phi) is 6.96. The first-order chi connectivity index (χ1) is 15.9. The van der Waals surface area contributed by atoms with Crippen molar-refractivity contribution in [1.82, 2.24) is 0 Å². The largest absolute Gasteiger partial charge is 0.481 e. The number of hydrogen-bond acceptors (Lipinski definition) is 4. The van der Waals surface area contributed by atoms with Gasteiger partial charge in [0.05, 0.1) is 18.9 Å². The van der Waals surface area contributed by atoms with Crippen molar-refractivity contribution in [3.8, 4) is 0 Å². The number of carbonyl (C=O) groups is 1. The summed E-state index contributed by atoms with van der Waals surface area (Å²) in [7, 11) is 1.61. The summed E-state index contributed by atoms with van der Waals surface area (Å²) in [6, 6.07) is 19.0. The zero-order chi connectivity index (χ0) is 23.5. The first-order valence-electron chi connectivity index (χ1n) is 11.2. The molecule has 0 amide bonds. The van der Waals surface area contributed by atoms with Crippen LogP contribution >= 0.6 is 11.6 Å². The Hall–Kier alpha value is -2.95. The van der Waals surface area contributed by atoms with E-state index in [1.807, 2.05) is 62.4 Å². The molecule has 3 aromatic rings. The maximum atomic E-state index is 13.6. The van der Waals surface area contributed by atoms with Gasteiger partial charge in [0.2, 0.25) is 5.90 Å². The minimum Gasteiger partial charge on any atom is -0.481 e. The lowest BCUT2D eigenvalue weighted by atomic mass is 9.84. The Labute approximate surface area is 199 Å². The molecule has 0 bridgehead atoms. The van der Waals surface area contributed by atoms with Gasteiger partial charge in [0.1, 0.15) is 0 Å². The van der Waals surface area contributed by atoms with E-state index in [0.717, 1.165) is 39.9 Å². The first-order valence-corrected chi connectivity index (χ1v) is 11.6. The van der Waals surface area contributed by atoms with Crippen LogP contribution in [0.15, 0.2) is 65.7 Å². The zero-order valence-corrected chi connectivity index (χ0v) is 19.9. The molecule has 4 nitrogen and oxygen atoms in total. The van der Waals surface area contributed by atoms with Crippen LogP contribution in [0.5, 0.6) is 0 Å². The molecule has 0 saturated carbocycles. The molecule has 0 radical (unpaired) electrons. The molecular formula is C28H28ClNO3. The maximum Gasteiger partial charge on any atom is 0.221 e.